The summed E-state index contributed by atoms with van der Waals surface area (Å²) in [4.78, 5) is 25.5. The van der Waals surface area contributed by atoms with Crippen molar-refractivity contribution in [1.82, 2.24) is 15.3 Å². The Balaban J connectivity index is 1.78. The van der Waals surface area contributed by atoms with E-state index in [2.05, 4.69) is 19.3 Å². The van der Waals surface area contributed by atoms with E-state index in [1.165, 1.54) is 6.07 Å². The Morgan fingerprint density at radius 1 is 1.42 bits per heavy atom. The summed E-state index contributed by atoms with van der Waals surface area (Å²) in [5, 5.41) is 11.8. The number of amides is 1. The molecule has 2 heterocycles. The topological polar surface area (TPSA) is 82.1 Å². The number of carbonyl (C=O) groups is 2. The fourth-order valence-electron chi connectivity index (χ4n) is 3.42. The van der Waals surface area contributed by atoms with Gasteiger partial charge in [0.15, 0.2) is 6.29 Å². The van der Waals surface area contributed by atoms with Gasteiger partial charge in [0.1, 0.15) is 23.9 Å². The average molecular weight is 359 g/mol. The average Bonchev–Trinajstić information content (AvgIpc) is 3.15. The second-order valence-corrected chi connectivity index (χ2v) is 6.98. The minimum absolute atomic E-state index is 0.0675. The van der Waals surface area contributed by atoms with Gasteiger partial charge in [-0.3, -0.25) is 19.5 Å². The van der Waals surface area contributed by atoms with Gasteiger partial charge in [-0.1, -0.05) is 6.07 Å². The third-order valence-corrected chi connectivity index (χ3v) is 4.67. The lowest BCUT2D eigenvalue weighted by atomic mass is 10.2. The van der Waals surface area contributed by atoms with Crippen LogP contribution in [0.5, 0.6) is 11.5 Å². The Morgan fingerprint density at radius 2 is 2.19 bits per heavy atom. The zero-order valence-electron chi connectivity index (χ0n) is 15.3. The number of rotatable bonds is 6. The molecule has 1 saturated heterocycles. The monoisotopic (exact) mass is 359 g/mol. The number of hydrogen-bond acceptors (Lipinski definition) is 6. The molecule has 2 atom stereocenters. The van der Waals surface area contributed by atoms with Crippen molar-refractivity contribution in [3.8, 4) is 11.5 Å². The van der Waals surface area contributed by atoms with Gasteiger partial charge in [-0.05, 0) is 45.4 Å². The minimum Gasteiger partial charge on any atom is -0.507 e. The van der Waals surface area contributed by atoms with E-state index in [1.54, 1.807) is 17.0 Å². The van der Waals surface area contributed by atoms with Crippen molar-refractivity contribution in [2.45, 2.75) is 51.7 Å². The number of benzene rings is 1. The van der Waals surface area contributed by atoms with Gasteiger partial charge in [0, 0.05) is 18.5 Å². The number of ether oxygens (including phenoxy) is 1. The fourth-order valence-corrected chi connectivity index (χ4v) is 3.42. The molecule has 0 aliphatic carbocycles. The molecule has 1 fully saturated rings. The molecule has 1 unspecified atom stereocenters. The molecule has 1 amide bonds. The molecule has 1 aromatic carbocycles. The van der Waals surface area contributed by atoms with Gasteiger partial charge < -0.3 is 9.84 Å². The first kappa shape index (κ1) is 18.3. The van der Waals surface area contributed by atoms with E-state index in [9.17, 15) is 14.7 Å². The Labute approximate surface area is 153 Å². The smallest absolute Gasteiger partial charge is 0.228 e. The number of nitrogens with zero attached hydrogens (tertiary/aromatic N) is 2. The Bertz CT molecular complexity index is 731. The van der Waals surface area contributed by atoms with Gasteiger partial charge in [0.05, 0.1) is 11.6 Å². The zero-order valence-corrected chi connectivity index (χ0v) is 15.3. The van der Waals surface area contributed by atoms with E-state index in [-0.39, 0.29) is 42.0 Å². The van der Waals surface area contributed by atoms with Crippen LogP contribution in [0, 0.1) is 0 Å². The summed E-state index contributed by atoms with van der Waals surface area (Å²) < 4.78 is 5.80. The van der Waals surface area contributed by atoms with Gasteiger partial charge in [-0.25, -0.2) is 5.43 Å². The standard InChI is InChI=1S/C19H25N3O4/c1-12(2)22-18(9-13(3)20-22)21-14(7-8-19(21)25)11-26-17-6-4-5-16(24)15(17)10-23/h4-6,9-10,12-14,20,24H,7-8,11H2,1-3H3/t13?,14-/m0/s1. The summed E-state index contributed by atoms with van der Waals surface area (Å²) in [5.41, 5.74) is 3.47. The number of carbonyl (C=O) groups excluding carboxylic acids is 2. The van der Waals surface area contributed by atoms with Gasteiger partial charge in [-0.2, -0.15) is 0 Å². The van der Waals surface area contributed by atoms with Crippen LogP contribution in [0.25, 0.3) is 0 Å². The van der Waals surface area contributed by atoms with Crippen LogP contribution in [0.2, 0.25) is 0 Å². The van der Waals surface area contributed by atoms with E-state index in [0.717, 1.165) is 5.82 Å². The van der Waals surface area contributed by atoms with E-state index in [1.807, 2.05) is 18.0 Å². The second-order valence-electron chi connectivity index (χ2n) is 6.98. The van der Waals surface area contributed by atoms with Crippen LogP contribution < -0.4 is 10.2 Å². The molecule has 1 aromatic rings. The molecule has 0 saturated carbocycles. The highest BCUT2D eigenvalue weighted by Crippen LogP contribution is 2.31. The van der Waals surface area contributed by atoms with Crippen molar-refractivity contribution >= 4 is 12.2 Å². The molecule has 0 bridgehead atoms. The third-order valence-electron chi connectivity index (χ3n) is 4.67. The largest absolute Gasteiger partial charge is 0.507 e. The maximum atomic E-state index is 12.5. The van der Waals surface area contributed by atoms with Crippen LogP contribution in [-0.4, -0.2) is 51.9 Å². The summed E-state index contributed by atoms with van der Waals surface area (Å²) in [6, 6.07) is 4.94. The molecule has 7 heteroatoms. The summed E-state index contributed by atoms with van der Waals surface area (Å²) >= 11 is 0. The first-order chi connectivity index (χ1) is 12.4. The van der Waals surface area contributed by atoms with Gasteiger partial charge in [-0.15, -0.1) is 0 Å². The molecule has 26 heavy (non-hydrogen) atoms. The highest BCUT2D eigenvalue weighted by molar-refractivity contribution is 5.83. The number of phenols is 1. The van der Waals surface area contributed by atoms with Crippen LogP contribution >= 0.6 is 0 Å². The summed E-state index contributed by atoms with van der Waals surface area (Å²) in [6.07, 6.45) is 3.77. The number of hydrazine groups is 1. The lowest BCUT2D eigenvalue weighted by molar-refractivity contribution is -0.128. The first-order valence-corrected chi connectivity index (χ1v) is 8.91. The fraction of sp³-hybridized carbons (Fsp3) is 0.474. The predicted octanol–water partition coefficient (Wildman–Crippen LogP) is 2.03. The highest BCUT2D eigenvalue weighted by Gasteiger charge is 2.39. The highest BCUT2D eigenvalue weighted by atomic mass is 16.5. The summed E-state index contributed by atoms with van der Waals surface area (Å²) in [5.74, 6) is 1.14. The SMILES string of the molecule is CC1C=C(N2C(=O)CC[C@H]2COc2cccc(O)c2C=O)N(C(C)C)N1. The lowest BCUT2D eigenvalue weighted by Gasteiger charge is -2.34. The molecule has 2 N–H and O–H groups in total. The van der Waals surface area contributed by atoms with Crippen LogP contribution in [0.4, 0.5) is 0 Å². The van der Waals surface area contributed by atoms with E-state index in [0.29, 0.717) is 24.9 Å². The first-order valence-electron chi connectivity index (χ1n) is 8.91. The number of likely N-dealkylation sites (tertiary alicyclic amines) is 1. The molecular formula is C19H25N3O4. The van der Waals surface area contributed by atoms with Crippen LogP contribution in [0.15, 0.2) is 30.1 Å². The van der Waals surface area contributed by atoms with Gasteiger partial charge in [0.25, 0.3) is 0 Å². The zero-order chi connectivity index (χ0) is 18.8. The Kier molecular flexibility index (Phi) is 5.18. The van der Waals surface area contributed by atoms with Gasteiger partial charge in [0.2, 0.25) is 5.91 Å². The maximum absolute atomic E-state index is 12.5. The number of aldehydes is 1. The molecule has 2 aliphatic heterocycles. The molecule has 0 aromatic heterocycles. The normalized spacial score (nSPS) is 22.9. The maximum Gasteiger partial charge on any atom is 0.228 e. The number of hydrogen-bond donors (Lipinski definition) is 2. The molecule has 0 spiro atoms. The molecule has 2 aliphatic rings. The quantitative estimate of drug-likeness (QED) is 0.757. The summed E-state index contributed by atoms with van der Waals surface area (Å²) in [7, 11) is 0. The Hall–Kier alpha value is -2.54. The molecular weight excluding hydrogens is 334 g/mol. The van der Waals surface area contributed by atoms with Crippen molar-refractivity contribution in [2.75, 3.05) is 6.61 Å². The number of nitrogens with one attached hydrogen (secondary N) is 1. The minimum atomic E-state index is -0.121. The van der Waals surface area contributed by atoms with Crippen molar-refractivity contribution in [1.29, 1.82) is 0 Å². The van der Waals surface area contributed by atoms with E-state index in [4.69, 9.17) is 4.74 Å². The van der Waals surface area contributed by atoms with Crippen molar-refractivity contribution < 1.29 is 19.4 Å². The van der Waals surface area contributed by atoms with E-state index >= 15 is 0 Å². The molecule has 7 nitrogen and oxygen atoms in total. The van der Waals surface area contributed by atoms with Crippen molar-refractivity contribution in [3.63, 3.8) is 0 Å². The van der Waals surface area contributed by atoms with Crippen LogP contribution in [0.3, 0.4) is 0 Å². The number of aromatic hydroxyl groups is 1. The lowest BCUT2D eigenvalue weighted by Crippen LogP contribution is -2.48. The van der Waals surface area contributed by atoms with Crippen molar-refractivity contribution in [2.24, 2.45) is 0 Å². The second kappa shape index (κ2) is 7.37. The molecule has 3 rings (SSSR count). The number of phenolic OH excluding ortho intramolecular Hbond substituents is 1. The van der Waals surface area contributed by atoms with Gasteiger partial charge >= 0.3 is 0 Å². The predicted molar refractivity (Wildman–Crippen MR) is 96.5 cm³/mol. The van der Waals surface area contributed by atoms with Crippen LogP contribution in [0.1, 0.15) is 44.0 Å². The van der Waals surface area contributed by atoms with Crippen LogP contribution in [-0.2, 0) is 4.79 Å². The summed E-state index contributed by atoms with van der Waals surface area (Å²) in [6.45, 7) is 6.42. The third kappa shape index (κ3) is 3.39. The molecule has 0 radical (unpaired) electrons. The van der Waals surface area contributed by atoms with E-state index < -0.39 is 0 Å². The molecule has 140 valence electrons. The Morgan fingerprint density at radius 3 is 2.88 bits per heavy atom. The van der Waals surface area contributed by atoms with Crippen molar-refractivity contribution in [3.05, 3.63) is 35.7 Å².